The molecule has 0 fully saturated rings. The molecule has 0 aliphatic heterocycles. The minimum atomic E-state index is 0.584. The van der Waals surface area contributed by atoms with Crippen LogP contribution in [0.15, 0.2) is 140 Å². The fourth-order valence-electron chi connectivity index (χ4n) is 6.27. The maximum absolute atomic E-state index is 4.96. The van der Waals surface area contributed by atoms with E-state index < -0.39 is 0 Å². The average molecular weight is 538 g/mol. The molecule has 42 heavy (non-hydrogen) atoms. The molecule has 5 nitrogen and oxygen atoms in total. The van der Waals surface area contributed by atoms with Gasteiger partial charge in [0.05, 0.1) is 22.2 Å². The average Bonchev–Trinajstić information content (AvgIpc) is 3.65. The summed E-state index contributed by atoms with van der Waals surface area (Å²) in [6.45, 7) is 0. The molecule has 0 aliphatic carbocycles. The van der Waals surface area contributed by atoms with Crippen LogP contribution in [0, 0.1) is 0 Å². The Kier molecular flexibility index (Phi) is 4.83. The Balaban J connectivity index is 1.20. The molecular weight excluding hydrogens is 514 g/mol. The van der Waals surface area contributed by atoms with Gasteiger partial charge in [0.2, 0.25) is 0 Å². The van der Waals surface area contributed by atoms with E-state index in [4.69, 9.17) is 15.1 Å². The fraction of sp³-hybridized carbons (Fsp3) is 0. The van der Waals surface area contributed by atoms with Crippen LogP contribution in [0.2, 0.25) is 0 Å². The third-order valence-electron chi connectivity index (χ3n) is 8.18. The molecule has 3 aromatic heterocycles. The summed E-state index contributed by atoms with van der Waals surface area (Å²) in [5.74, 6) is 1.23. The third-order valence-corrected chi connectivity index (χ3v) is 8.18. The van der Waals surface area contributed by atoms with E-state index in [9.17, 15) is 0 Å². The number of benzene rings is 6. The van der Waals surface area contributed by atoms with E-state index in [0.29, 0.717) is 11.6 Å². The van der Waals surface area contributed by atoms with Gasteiger partial charge in [-0.3, -0.25) is 0 Å². The zero-order valence-corrected chi connectivity index (χ0v) is 22.5. The van der Waals surface area contributed by atoms with Gasteiger partial charge in [0.1, 0.15) is 0 Å². The monoisotopic (exact) mass is 537 g/mol. The van der Waals surface area contributed by atoms with Crippen LogP contribution in [0.1, 0.15) is 0 Å². The Morgan fingerprint density at radius 1 is 0.452 bits per heavy atom. The first kappa shape index (κ1) is 22.9. The molecule has 0 unspecified atom stereocenters. The number of nitrogens with zero attached hydrogens (tertiary/aromatic N) is 5. The van der Waals surface area contributed by atoms with Gasteiger partial charge in [-0.15, -0.1) is 5.10 Å². The SMILES string of the molecule is c1ccc(-c2nc3nc(-c4ccc(-n5c6ccccc6c6c7ccccc7ccc65)cc4)nn3c3ccccc23)cc1. The first-order chi connectivity index (χ1) is 20.8. The molecule has 0 radical (unpaired) electrons. The van der Waals surface area contributed by atoms with Gasteiger partial charge >= 0.3 is 0 Å². The van der Waals surface area contributed by atoms with E-state index in [2.05, 4.69) is 114 Å². The minimum absolute atomic E-state index is 0.584. The van der Waals surface area contributed by atoms with Crippen molar-refractivity contribution in [2.45, 2.75) is 0 Å². The summed E-state index contributed by atoms with van der Waals surface area (Å²) in [5.41, 5.74) is 7.37. The molecule has 6 aromatic carbocycles. The van der Waals surface area contributed by atoms with E-state index in [-0.39, 0.29) is 0 Å². The topological polar surface area (TPSA) is 48.0 Å². The van der Waals surface area contributed by atoms with Crippen molar-refractivity contribution >= 4 is 49.3 Å². The van der Waals surface area contributed by atoms with Crippen LogP contribution in [0.3, 0.4) is 0 Å². The predicted molar refractivity (Wildman–Crippen MR) is 171 cm³/mol. The van der Waals surface area contributed by atoms with E-state index in [1.165, 1.54) is 32.6 Å². The standard InChI is InChI=1S/C37H23N5/c1-2-11-25(12-3-1)35-30-15-7-9-17-32(30)42-37(38-35)39-36(40-42)26-18-21-27(22-19-26)41-31-16-8-6-14-29(31)34-28-13-5-4-10-24(28)20-23-33(34)41/h1-23H. The minimum Gasteiger partial charge on any atom is -0.309 e. The highest BCUT2D eigenvalue weighted by Gasteiger charge is 2.17. The molecule has 3 heterocycles. The molecule has 196 valence electrons. The number of para-hydroxylation sites is 2. The van der Waals surface area contributed by atoms with E-state index in [0.717, 1.165) is 33.4 Å². The van der Waals surface area contributed by atoms with Crippen LogP contribution in [0.5, 0.6) is 0 Å². The number of aromatic nitrogens is 5. The number of hydrogen-bond donors (Lipinski definition) is 0. The van der Waals surface area contributed by atoms with E-state index >= 15 is 0 Å². The Morgan fingerprint density at radius 3 is 1.98 bits per heavy atom. The van der Waals surface area contributed by atoms with Gasteiger partial charge in [-0.25, -0.2) is 4.98 Å². The maximum Gasteiger partial charge on any atom is 0.253 e. The number of hydrogen-bond acceptors (Lipinski definition) is 3. The van der Waals surface area contributed by atoms with Crippen molar-refractivity contribution in [2.75, 3.05) is 0 Å². The van der Waals surface area contributed by atoms with Crippen molar-refractivity contribution in [3.05, 3.63) is 140 Å². The van der Waals surface area contributed by atoms with Gasteiger partial charge in [0.25, 0.3) is 5.78 Å². The Morgan fingerprint density at radius 2 is 1.14 bits per heavy atom. The van der Waals surface area contributed by atoms with Crippen molar-refractivity contribution in [1.29, 1.82) is 0 Å². The Hall–Kier alpha value is -5.81. The van der Waals surface area contributed by atoms with Crippen molar-refractivity contribution in [3.8, 4) is 28.3 Å². The van der Waals surface area contributed by atoms with Crippen LogP contribution in [-0.4, -0.2) is 24.1 Å². The summed E-state index contributed by atoms with van der Waals surface area (Å²) >= 11 is 0. The molecule has 0 amide bonds. The summed E-state index contributed by atoms with van der Waals surface area (Å²) in [4.78, 5) is 9.84. The highest BCUT2D eigenvalue weighted by molar-refractivity contribution is 6.21. The summed E-state index contributed by atoms with van der Waals surface area (Å²) in [5, 5.41) is 11.0. The van der Waals surface area contributed by atoms with Gasteiger partial charge in [-0.1, -0.05) is 97.1 Å². The van der Waals surface area contributed by atoms with Crippen LogP contribution in [-0.2, 0) is 0 Å². The lowest BCUT2D eigenvalue weighted by molar-refractivity contribution is 0.988. The van der Waals surface area contributed by atoms with E-state index in [1.807, 2.05) is 34.8 Å². The fourth-order valence-corrected chi connectivity index (χ4v) is 6.27. The van der Waals surface area contributed by atoms with Crippen molar-refractivity contribution in [1.82, 2.24) is 24.1 Å². The maximum atomic E-state index is 4.96. The third kappa shape index (κ3) is 3.34. The molecule has 0 saturated heterocycles. The lowest BCUT2D eigenvalue weighted by atomic mass is 10.0. The van der Waals surface area contributed by atoms with Crippen molar-refractivity contribution in [3.63, 3.8) is 0 Å². The van der Waals surface area contributed by atoms with Gasteiger partial charge < -0.3 is 4.57 Å². The number of fused-ring (bicyclic) bond motifs is 8. The molecule has 0 aliphatic rings. The molecule has 9 aromatic rings. The predicted octanol–water partition coefficient (Wildman–Crippen LogP) is 8.86. The highest BCUT2D eigenvalue weighted by Crippen LogP contribution is 2.37. The molecule has 5 heteroatoms. The normalized spacial score (nSPS) is 11.8. The second-order valence-corrected chi connectivity index (χ2v) is 10.6. The molecule has 0 N–H and O–H groups in total. The van der Waals surface area contributed by atoms with Gasteiger partial charge in [-0.2, -0.15) is 9.50 Å². The quantitative estimate of drug-likeness (QED) is 0.226. The van der Waals surface area contributed by atoms with Crippen molar-refractivity contribution < 1.29 is 0 Å². The van der Waals surface area contributed by atoms with E-state index in [1.54, 1.807) is 0 Å². The summed E-state index contributed by atoms with van der Waals surface area (Å²) < 4.78 is 4.20. The molecule has 0 bridgehead atoms. The largest absolute Gasteiger partial charge is 0.309 e. The van der Waals surface area contributed by atoms with Crippen LogP contribution in [0.25, 0.3) is 77.6 Å². The van der Waals surface area contributed by atoms with Crippen molar-refractivity contribution in [2.24, 2.45) is 0 Å². The second kappa shape index (κ2) is 8.85. The zero-order valence-electron chi connectivity index (χ0n) is 22.5. The Bertz CT molecular complexity index is 2450. The lowest BCUT2D eigenvalue weighted by Crippen LogP contribution is -1.97. The molecule has 9 rings (SSSR count). The number of rotatable bonds is 3. The highest BCUT2D eigenvalue weighted by atomic mass is 15.3. The first-order valence-electron chi connectivity index (χ1n) is 14.1. The van der Waals surface area contributed by atoms with Crippen LogP contribution >= 0.6 is 0 Å². The van der Waals surface area contributed by atoms with Gasteiger partial charge in [-0.05, 0) is 53.2 Å². The smallest absolute Gasteiger partial charge is 0.253 e. The molecule has 0 spiro atoms. The molecular formula is C37H23N5. The molecule has 0 atom stereocenters. The Labute approximate surface area is 240 Å². The zero-order chi connectivity index (χ0) is 27.6. The van der Waals surface area contributed by atoms with Crippen LogP contribution in [0.4, 0.5) is 0 Å². The molecule has 0 saturated carbocycles. The summed E-state index contributed by atoms with van der Waals surface area (Å²) in [6.07, 6.45) is 0. The van der Waals surface area contributed by atoms with Gasteiger partial charge in [0, 0.05) is 33.0 Å². The lowest BCUT2D eigenvalue weighted by Gasteiger charge is -2.09. The summed E-state index contributed by atoms with van der Waals surface area (Å²) in [7, 11) is 0. The van der Waals surface area contributed by atoms with Gasteiger partial charge in [0.15, 0.2) is 5.82 Å². The first-order valence-corrected chi connectivity index (χ1v) is 14.1. The van der Waals surface area contributed by atoms with Crippen LogP contribution < -0.4 is 0 Å². The second-order valence-electron chi connectivity index (χ2n) is 10.6. The summed E-state index contributed by atoms with van der Waals surface area (Å²) in [6, 6.07) is 48.7.